The van der Waals surface area contributed by atoms with Crippen molar-refractivity contribution in [3.05, 3.63) is 231 Å². The number of ether oxygens (including phenoxy) is 5. The van der Waals surface area contributed by atoms with Gasteiger partial charge < -0.3 is 29.6 Å². The van der Waals surface area contributed by atoms with Gasteiger partial charge in [0.2, 0.25) is 11.6 Å². The van der Waals surface area contributed by atoms with Crippen LogP contribution < -0.4 is 30.0 Å². The molecule has 3 fully saturated rings. The van der Waals surface area contributed by atoms with Gasteiger partial charge in [0.15, 0.2) is 28.2 Å². The molecular weight excluding hydrogens is 1580 g/mol. The average molecular weight is 1660 g/mol. The molecule has 12 heterocycles. The van der Waals surface area contributed by atoms with E-state index in [2.05, 4.69) is 72.7 Å². The van der Waals surface area contributed by atoms with E-state index < -0.39 is 37.4 Å². The summed E-state index contributed by atoms with van der Waals surface area (Å²) in [6.45, 7) is 9.66. The second-order valence-corrected chi connectivity index (χ2v) is 27.7. The molecule has 3 saturated heterocycles. The van der Waals surface area contributed by atoms with Gasteiger partial charge in [-0.15, -0.1) is 67.2 Å². The summed E-state index contributed by atoms with van der Waals surface area (Å²) in [4.78, 5) is 43.7. The van der Waals surface area contributed by atoms with E-state index >= 15 is 0 Å². The third kappa shape index (κ3) is 20.6. The number of rotatable bonds is 14. The van der Waals surface area contributed by atoms with E-state index in [9.17, 15) is 44.3 Å². The number of hydrogen-bond acceptors (Lipinski definition) is 17. The smallest absolute Gasteiger partial charge is 0.488 e. The van der Waals surface area contributed by atoms with Crippen LogP contribution in [0.5, 0.6) is 11.5 Å². The highest BCUT2D eigenvalue weighted by Crippen LogP contribution is 2.38. The van der Waals surface area contributed by atoms with Crippen molar-refractivity contribution in [2.45, 2.75) is 125 Å². The molecule has 0 spiro atoms. The zero-order chi connectivity index (χ0) is 77.6. The SMILES string of the molecule is C.C.Cc1c(-c2nc3ccc(Br)cn3n2)nc2ccccc2c1OCc1ccccc1.Cc1c(-c2nc3ccc(N4CCC(OC(F)(F)F)CC4)cn3n2)[nH]c2ccccc2c1=O.Cc1c(-c2nc3ccc(N4CCC(OC(F)(F)F)CC4)cn3n2)nc2ccccc2c1OCc1ccccc1.Cl.FC(F)(F)OC1CCNCC1. The fourth-order valence-corrected chi connectivity index (χ4v) is 13.9. The minimum absolute atomic E-state index is 0. The van der Waals surface area contributed by atoms with Crippen molar-refractivity contribution >= 4 is 89.4 Å². The lowest BCUT2D eigenvalue weighted by Crippen LogP contribution is -2.39. The molecule has 2 N–H and O–H groups in total. The van der Waals surface area contributed by atoms with Crippen molar-refractivity contribution in [3.63, 3.8) is 0 Å². The number of H-pyrrole nitrogens is 1. The first-order valence-electron chi connectivity index (χ1n) is 35.8. The number of pyridine rings is 6. The van der Waals surface area contributed by atoms with Crippen LogP contribution in [-0.2, 0) is 27.4 Å². The molecule has 0 aliphatic carbocycles. The Morgan fingerprint density at radius 3 is 1.26 bits per heavy atom. The molecule has 14 aromatic rings. The summed E-state index contributed by atoms with van der Waals surface area (Å²) in [6.07, 6.45) is -8.37. The fraction of sp³-hybridized carbons (Fsp3) is 0.305. The van der Waals surface area contributed by atoms with E-state index in [1.807, 2.05) is 182 Å². The van der Waals surface area contributed by atoms with Crippen LogP contribution in [0.2, 0.25) is 0 Å². The number of alkyl halides is 9. The van der Waals surface area contributed by atoms with Crippen LogP contribution in [0.3, 0.4) is 0 Å². The van der Waals surface area contributed by atoms with E-state index in [0.717, 1.165) is 82.7 Å². The first-order chi connectivity index (χ1) is 53.4. The van der Waals surface area contributed by atoms with Gasteiger partial charge in [-0.2, -0.15) is 0 Å². The zero-order valence-corrected chi connectivity index (χ0v) is 62.9. The van der Waals surface area contributed by atoms with Gasteiger partial charge in [-0.3, -0.25) is 19.0 Å². The summed E-state index contributed by atoms with van der Waals surface area (Å²) in [5.74, 6) is 3.00. The Hall–Kier alpha value is -10.8. The first kappa shape index (κ1) is 84.1. The number of nitrogens with one attached hydrogen (secondary N) is 2. The zero-order valence-electron chi connectivity index (χ0n) is 60.5. The summed E-state index contributed by atoms with van der Waals surface area (Å²) in [5.41, 5.74) is 12.4. The maximum Gasteiger partial charge on any atom is 0.522 e. The first-order valence-corrected chi connectivity index (χ1v) is 36.6. The Kier molecular flexibility index (Phi) is 27.0. The van der Waals surface area contributed by atoms with Crippen molar-refractivity contribution in [2.24, 2.45) is 0 Å². The number of para-hydroxylation sites is 3. The number of anilines is 2. The van der Waals surface area contributed by atoms with Gasteiger partial charge in [-0.1, -0.05) is 112 Å². The Morgan fingerprint density at radius 1 is 0.439 bits per heavy atom. The number of fused-ring (bicyclic) bond motifs is 6. The average Bonchev–Trinajstić information content (AvgIpc) is 1.33. The predicted molar refractivity (Wildman–Crippen MR) is 426 cm³/mol. The molecule has 5 aromatic carbocycles. The molecule has 0 unspecified atom stereocenters. The van der Waals surface area contributed by atoms with Crippen molar-refractivity contribution in [3.8, 4) is 46.1 Å². The number of piperidine rings is 3. The van der Waals surface area contributed by atoms with Crippen LogP contribution >= 0.6 is 28.3 Å². The van der Waals surface area contributed by atoms with Crippen LogP contribution in [0.1, 0.15) is 81.2 Å². The molecule has 21 nitrogen and oxygen atoms in total. The largest absolute Gasteiger partial charge is 0.522 e. The molecule has 0 radical (unpaired) electrons. The number of nitrogens with zero attached hydrogens (tertiary/aromatic N) is 13. The molecule has 3 aliphatic rings. The van der Waals surface area contributed by atoms with Crippen molar-refractivity contribution in [1.82, 2.24) is 64.1 Å². The predicted octanol–water partition coefficient (Wildman–Crippen LogP) is 19.0. The van der Waals surface area contributed by atoms with Crippen molar-refractivity contribution in [2.75, 3.05) is 49.1 Å². The minimum atomic E-state index is -4.61. The number of benzene rings is 5. The highest BCUT2D eigenvalue weighted by Gasteiger charge is 2.37. The topological polar surface area (TPSA) is 214 Å². The van der Waals surface area contributed by atoms with E-state index in [-0.39, 0.29) is 45.5 Å². The lowest BCUT2D eigenvalue weighted by atomic mass is 10.1. The molecule has 114 heavy (non-hydrogen) atoms. The van der Waals surface area contributed by atoms with Gasteiger partial charge in [0, 0.05) is 75.2 Å². The van der Waals surface area contributed by atoms with Crippen molar-refractivity contribution < 1.29 is 63.2 Å². The van der Waals surface area contributed by atoms with E-state index in [1.165, 1.54) is 0 Å². The standard InChI is InChI=1S/C29H26F3N5O2.C23H17BrN4O.C22H20F3N5O2.C6H10F3NO.2CH4.ClH/c1-19-26(33-24-10-6-5-9-23(24)27(19)38-18-20-7-3-2-4-8-20)28-34-25-12-11-21(17-37(25)35-28)36-15-13-22(14-16-36)39-29(30,31)32;1-15-21(23-26-20-12-11-17(24)13-28(20)27-23)25-19-10-6-5-9-18(19)22(15)29-14-16-7-3-2-4-8-16;1-13-19(26-17-5-3-2-4-16(17)20(13)31)21-27-18-7-6-14(12-30(18)28-21)29-10-8-15(9-11-29)32-22(23,24)25;7-6(8,9)11-5-1-3-10-4-2-5;;;/h2-12,17,22H,13-16,18H2,1H3;2-13H,14H2,1H3;2-7,12,15H,8-11H2,1H3,(H,26,31);5,10H,1-4H2;2*1H4;1H. The monoisotopic (exact) mass is 1660 g/mol. The lowest BCUT2D eigenvalue weighted by molar-refractivity contribution is -0.345. The number of halogens is 11. The minimum Gasteiger partial charge on any atom is -0.488 e. The van der Waals surface area contributed by atoms with Gasteiger partial charge in [0.1, 0.15) is 36.1 Å². The maximum absolute atomic E-state index is 12.7. The summed E-state index contributed by atoms with van der Waals surface area (Å²) in [5, 5.41) is 19.4. The number of aromatic nitrogens is 12. The van der Waals surface area contributed by atoms with E-state index in [0.29, 0.717) is 135 Å². The molecule has 0 saturated carbocycles. The summed E-state index contributed by atoms with van der Waals surface area (Å²) >= 11 is 3.48. The Labute approximate surface area is 664 Å². The van der Waals surface area contributed by atoms with Crippen molar-refractivity contribution in [1.29, 1.82) is 0 Å². The summed E-state index contributed by atoms with van der Waals surface area (Å²) in [6, 6.07) is 54.5. The van der Waals surface area contributed by atoms with Crippen LogP contribution in [0.15, 0.2) is 198 Å². The quantitative estimate of drug-likeness (QED) is 0.0968. The summed E-state index contributed by atoms with van der Waals surface area (Å²) in [7, 11) is 0. The highest BCUT2D eigenvalue weighted by atomic mass is 79.9. The fourth-order valence-electron chi connectivity index (χ4n) is 13.6. The number of hydrogen-bond donors (Lipinski definition) is 2. The van der Waals surface area contributed by atoms with E-state index in [1.54, 1.807) is 38.8 Å². The maximum atomic E-state index is 12.7. The Bertz CT molecular complexity index is 5660. The molecule has 0 atom stereocenters. The van der Waals surface area contributed by atoms with Crippen LogP contribution in [0, 0.1) is 20.8 Å². The molecule has 9 aromatic heterocycles. The van der Waals surface area contributed by atoms with Gasteiger partial charge in [0.25, 0.3) is 0 Å². The lowest BCUT2D eigenvalue weighted by Gasteiger charge is -2.33. The van der Waals surface area contributed by atoms with Crippen LogP contribution in [0.25, 0.3) is 84.2 Å². The molecule has 0 bridgehead atoms. The second-order valence-electron chi connectivity index (χ2n) is 26.8. The molecule has 3 aliphatic heterocycles. The Balaban J connectivity index is 0.000000157. The molecule has 598 valence electrons. The van der Waals surface area contributed by atoms with E-state index in [4.69, 9.17) is 29.5 Å². The van der Waals surface area contributed by atoms with Gasteiger partial charge in [0.05, 0.1) is 58.8 Å². The molecule has 32 heteroatoms. The molecule has 17 rings (SSSR count). The highest BCUT2D eigenvalue weighted by molar-refractivity contribution is 9.10. The Morgan fingerprint density at radius 2 is 0.816 bits per heavy atom. The molecular formula is C82H82BrClF9N15O6. The van der Waals surface area contributed by atoms with Crippen LogP contribution in [0.4, 0.5) is 50.9 Å². The third-order valence-electron chi connectivity index (χ3n) is 19.1. The van der Waals surface area contributed by atoms with Crippen LogP contribution in [-0.4, -0.2) is 135 Å². The third-order valence-corrected chi connectivity index (χ3v) is 19.6. The van der Waals surface area contributed by atoms with Gasteiger partial charge >= 0.3 is 19.1 Å². The summed E-state index contributed by atoms with van der Waals surface area (Å²) < 4.78 is 141. The molecule has 0 amide bonds. The van der Waals surface area contributed by atoms with Gasteiger partial charge in [-0.05, 0) is 172 Å². The number of aromatic amines is 1. The normalized spacial score (nSPS) is 14.5. The van der Waals surface area contributed by atoms with Gasteiger partial charge in [-0.25, -0.2) is 38.5 Å². The second kappa shape index (κ2) is 36.5.